The van der Waals surface area contributed by atoms with Crippen LogP contribution in [0.3, 0.4) is 0 Å². The number of nitrogens with one attached hydrogen (secondary N) is 1. The van der Waals surface area contributed by atoms with E-state index in [1.54, 1.807) is 11.3 Å². The fourth-order valence-corrected chi connectivity index (χ4v) is 2.71. The molecule has 1 unspecified atom stereocenters. The first kappa shape index (κ1) is 13.1. The standard InChI is InChI=1S/C10H17BrN2OS/c1-7(2)14-5-9(13-12)4-10-3-8(11)6-15-10/h3,6-7,9,13H,4-5,12H2,1-2H3. The van der Waals surface area contributed by atoms with Gasteiger partial charge in [0.2, 0.25) is 0 Å². The molecule has 0 spiro atoms. The predicted octanol–water partition coefficient (Wildman–Crippen LogP) is 2.31. The Labute approximate surface area is 103 Å². The third-order valence-electron chi connectivity index (χ3n) is 1.94. The third kappa shape index (κ3) is 5.08. The number of thiophene rings is 1. The molecule has 1 aromatic rings. The van der Waals surface area contributed by atoms with E-state index in [-0.39, 0.29) is 12.1 Å². The molecule has 1 atom stereocenters. The van der Waals surface area contributed by atoms with Gasteiger partial charge in [-0.3, -0.25) is 11.3 Å². The Bertz CT molecular complexity index is 291. The lowest BCUT2D eigenvalue weighted by Crippen LogP contribution is -2.40. The molecular weight excluding hydrogens is 276 g/mol. The number of hydrazine groups is 1. The van der Waals surface area contributed by atoms with Crippen LogP contribution in [-0.2, 0) is 11.2 Å². The monoisotopic (exact) mass is 292 g/mol. The van der Waals surface area contributed by atoms with Crippen LogP contribution in [0.4, 0.5) is 0 Å². The highest BCUT2D eigenvalue weighted by atomic mass is 79.9. The van der Waals surface area contributed by atoms with Gasteiger partial charge in [-0.1, -0.05) is 0 Å². The highest BCUT2D eigenvalue weighted by Gasteiger charge is 2.10. The lowest BCUT2D eigenvalue weighted by molar-refractivity contribution is 0.0614. The maximum atomic E-state index is 5.52. The summed E-state index contributed by atoms with van der Waals surface area (Å²) in [6.45, 7) is 4.69. The number of hydrogen-bond acceptors (Lipinski definition) is 4. The third-order valence-corrected chi connectivity index (χ3v) is 3.66. The molecule has 0 aromatic carbocycles. The molecule has 1 aromatic heterocycles. The van der Waals surface area contributed by atoms with Crippen molar-refractivity contribution in [3.8, 4) is 0 Å². The minimum absolute atomic E-state index is 0.179. The van der Waals surface area contributed by atoms with Gasteiger partial charge in [0.25, 0.3) is 0 Å². The van der Waals surface area contributed by atoms with E-state index in [2.05, 4.69) is 32.8 Å². The van der Waals surface area contributed by atoms with Crippen LogP contribution in [0.1, 0.15) is 18.7 Å². The fourth-order valence-electron chi connectivity index (χ4n) is 1.18. The van der Waals surface area contributed by atoms with Crippen molar-refractivity contribution in [1.29, 1.82) is 0 Å². The van der Waals surface area contributed by atoms with Crippen molar-refractivity contribution in [1.82, 2.24) is 5.43 Å². The van der Waals surface area contributed by atoms with Gasteiger partial charge in [-0.25, -0.2) is 0 Å². The highest BCUT2D eigenvalue weighted by molar-refractivity contribution is 9.10. The molecule has 0 aliphatic rings. The van der Waals surface area contributed by atoms with E-state index < -0.39 is 0 Å². The van der Waals surface area contributed by atoms with Gasteiger partial charge in [-0.2, -0.15) is 0 Å². The van der Waals surface area contributed by atoms with Gasteiger partial charge in [-0.05, 0) is 35.8 Å². The first-order chi connectivity index (χ1) is 7.11. The van der Waals surface area contributed by atoms with Crippen molar-refractivity contribution in [2.24, 2.45) is 5.84 Å². The van der Waals surface area contributed by atoms with Gasteiger partial charge < -0.3 is 4.74 Å². The fraction of sp³-hybridized carbons (Fsp3) is 0.600. The van der Waals surface area contributed by atoms with E-state index >= 15 is 0 Å². The summed E-state index contributed by atoms with van der Waals surface area (Å²) < 4.78 is 6.65. The normalized spacial score (nSPS) is 13.4. The summed E-state index contributed by atoms with van der Waals surface area (Å²) in [6, 6.07) is 2.29. The van der Waals surface area contributed by atoms with Crippen molar-refractivity contribution in [3.63, 3.8) is 0 Å². The summed E-state index contributed by atoms with van der Waals surface area (Å²) in [5.41, 5.74) is 2.78. The van der Waals surface area contributed by atoms with Crippen LogP contribution < -0.4 is 11.3 Å². The van der Waals surface area contributed by atoms with Gasteiger partial charge in [-0.15, -0.1) is 11.3 Å². The van der Waals surface area contributed by atoms with E-state index in [1.807, 2.05) is 13.8 Å². The van der Waals surface area contributed by atoms with Gasteiger partial charge in [0.15, 0.2) is 0 Å². The van der Waals surface area contributed by atoms with E-state index in [0.717, 1.165) is 10.9 Å². The molecule has 0 aliphatic heterocycles. The molecule has 3 nitrogen and oxygen atoms in total. The summed E-state index contributed by atoms with van der Waals surface area (Å²) in [4.78, 5) is 1.30. The highest BCUT2D eigenvalue weighted by Crippen LogP contribution is 2.20. The Morgan fingerprint density at radius 3 is 2.80 bits per heavy atom. The Morgan fingerprint density at radius 1 is 1.60 bits per heavy atom. The molecule has 0 fully saturated rings. The van der Waals surface area contributed by atoms with Gasteiger partial charge >= 0.3 is 0 Å². The molecule has 15 heavy (non-hydrogen) atoms. The zero-order chi connectivity index (χ0) is 11.3. The van der Waals surface area contributed by atoms with Crippen molar-refractivity contribution >= 4 is 27.3 Å². The average molecular weight is 293 g/mol. The van der Waals surface area contributed by atoms with E-state index in [1.165, 1.54) is 4.88 Å². The molecule has 1 rings (SSSR count). The van der Waals surface area contributed by atoms with Crippen LogP contribution in [0.15, 0.2) is 15.9 Å². The number of rotatable bonds is 6. The molecule has 0 saturated carbocycles. The zero-order valence-electron chi connectivity index (χ0n) is 9.00. The zero-order valence-corrected chi connectivity index (χ0v) is 11.4. The van der Waals surface area contributed by atoms with Crippen molar-refractivity contribution in [2.75, 3.05) is 6.61 Å². The molecule has 3 N–H and O–H groups in total. The number of ether oxygens (including phenoxy) is 1. The second kappa shape index (κ2) is 6.60. The lowest BCUT2D eigenvalue weighted by atomic mass is 10.2. The Morgan fingerprint density at radius 2 is 2.33 bits per heavy atom. The van der Waals surface area contributed by atoms with Crippen LogP contribution in [0, 0.1) is 0 Å². The van der Waals surface area contributed by atoms with Crippen molar-refractivity contribution in [2.45, 2.75) is 32.4 Å². The number of nitrogens with two attached hydrogens (primary N) is 1. The Balaban J connectivity index is 2.39. The number of hydrogen-bond donors (Lipinski definition) is 2. The topological polar surface area (TPSA) is 47.3 Å². The molecule has 0 amide bonds. The smallest absolute Gasteiger partial charge is 0.0640 e. The van der Waals surface area contributed by atoms with Gasteiger partial charge in [0.05, 0.1) is 12.7 Å². The first-order valence-electron chi connectivity index (χ1n) is 4.92. The van der Waals surface area contributed by atoms with Gasteiger partial charge in [0.1, 0.15) is 0 Å². The van der Waals surface area contributed by atoms with Gasteiger partial charge in [0, 0.05) is 27.2 Å². The van der Waals surface area contributed by atoms with Crippen LogP contribution in [0.2, 0.25) is 0 Å². The minimum atomic E-state index is 0.179. The van der Waals surface area contributed by atoms with Crippen molar-refractivity contribution < 1.29 is 4.74 Å². The predicted molar refractivity (Wildman–Crippen MR) is 67.9 cm³/mol. The molecular formula is C10H17BrN2OS. The van der Waals surface area contributed by atoms with Crippen LogP contribution >= 0.6 is 27.3 Å². The average Bonchev–Trinajstić information content (AvgIpc) is 2.58. The Hall–Kier alpha value is 0.0600. The van der Waals surface area contributed by atoms with E-state index in [4.69, 9.17) is 10.6 Å². The summed E-state index contributed by atoms with van der Waals surface area (Å²) >= 11 is 5.16. The molecule has 5 heteroatoms. The SMILES string of the molecule is CC(C)OCC(Cc1cc(Br)cs1)NN. The van der Waals surface area contributed by atoms with E-state index in [9.17, 15) is 0 Å². The molecule has 1 heterocycles. The van der Waals surface area contributed by atoms with Crippen LogP contribution in [0.25, 0.3) is 0 Å². The molecule has 0 radical (unpaired) electrons. The number of halogens is 1. The van der Waals surface area contributed by atoms with Crippen LogP contribution in [0.5, 0.6) is 0 Å². The Kier molecular flexibility index (Phi) is 5.78. The molecule has 0 aliphatic carbocycles. The summed E-state index contributed by atoms with van der Waals surface area (Å²) in [5.74, 6) is 5.48. The first-order valence-corrected chi connectivity index (χ1v) is 6.59. The molecule has 0 saturated heterocycles. The maximum Gasteiger partial charge on any atom is 0.0640 e. The maximum absolute atomic E-state index is 5.52. The quantitative estimate of drug-likeness (QED) is 0.625. The minimum Gasteiger partial charge on any atom is -0.377 e. The molecule has 0 bridgehead atoms. The lowest BCUT2D eigenvalue weighted by Gasteiger charge is -2.16. The largest absolute Gasteiger partial charge is 0.377 e. The van der Waals surface area contributed by atoms with E-state index in [0.29, 0.717) is 6.61 Å². The summed E-state index contributed by atoms with van der Waals surface area (Å²) in [5, 5.41) is 2.08. The van der Waals surface area contributed by atoms with Crippen molar-refractivity contribution in [3.05, 3.63) is 20.8 Å². The summed E-state index contributed by atoms with van der Waals surface area (Å²) in [7, 11) is 0. The van der Waals surface area contributed by atoms with Crippen LogP contribution in [-0.4, -0.2) is 18.8 Å². The second-order valence-corrected chi connectivity index (χ2v) is 5.59. The summed E-state index contributed by atoms with van der Waals surface area (Å²) in [6.07, 6.45) is 1.15. The molecule has 86 valence electrons. The second-order valence-electron chi connectivity index (χ2n) is 3.68.